The van der Waals surface area contributed by atoms with E-state index in [-0.39, 0.29) is 0 Å². The van der Waals surface area contributed by atoms with E-state index in [1.54, 1.807) is 0 Å². The van der Waals surface area contributed by atoms with Gasteiger partial charge in [0.05, 0.1) is 5.69 Å². The first-order valence-corrected chi connectivity index (χ1v) is 6.46. The molecule has 0 bridgehead atoms. The molecule has 3 heteroatoms. The van der Waals surface area contributed by atoms with Gasteiger partial charge in [-0.3, -0.25) is 4.68 Å². The molecular weight excluding hydrogens is 198 g/mol. The number of rotatable bonds is 3. The van der Waals surface area contributed by atoms with E-state index in [0.717, 1.165) is 6.42 Å². The van der Waals surface area contributed by atoms with E-state index in [9.17, 15) is 0 Å². The van der Waals surface area contributed by atoms with Gasteiger partial charge in [0.2, 0.25) is 0 Å². The fraction of sp³-hybridized carbons (Fsp3) is 0.769. The fourth-order valence-electron chi connectivity index (χ4n) is 2.94. The summed E-state index contributed by atoms with van der Waals surface area (Å²) in [5.41, 5.74) is 9.69. The molecule has 1 fully saturated rings. The van der Waals surface area contributed by atoms with Crippen molar-refractivity contribution in [1.29, 1.82) is 0 Å². The van der Waals surface area contributed by atoms with E-state index < -0.39 is 0 Å². The van der Waals surface area contributed by atoms with Crippen molar-refractivity contribution >= 4 is 0 Å². The molecule has 16 heavy (non-hydrogen) atoms. The summed E-state index contributed by atoms with van der Waals surface area (Å²) in [6.07, 6.45) is 7.72. The van der Waals surface area contributed by atoms with Crippen LogP contribution >= 0.6 is 0 Å². The maximum atomic E-state index is 5.64. The average Bonchev–Trinajstić information content (AvgIpc) is 2.59. The quantitative estimate of drug-likeness (QED) is 0.851. The second-order valence-corrected chi connectivity index (χ2v) is 4.95. The topological polar surface area (TPSA) is 43.8 Å². The summed E-state index contributed by atoms with van der Waals surface area (Å²) in [5, 5.41) is 4.71. The predicted octanol–water partition coefficient (Wildman–Crippen LogP) is 2.28. The second-order valence-electron chi connectivity index (χ2n) is 4.95. The van der Waals surface area contributed by atoms with Crippen molar-refractivity contribution in [3.8, 4) is 0 Å². The van der Waals surface area contributed by atoms with Gasteiger partial charge in [-0.15, -0.1) is 0 Å². The molecule has 1 aliphatic carbocycles. The predicted molar refractivity (Wildman–Crippen MR) is 66.5 cm³/mol. The molecule has 0 aromatic carbocycles. The molecule has 3 nitrogen and oxygen atoms in total. The van der Waals surface area contributed by atoms with Gasteiger partial charge in [0, 0.05) is 25.1 Å². The van der Waals surface area contributed by atoms with Crippen LogP contribution in [0.4, 0.5) is 0 Å². The van der Waals surface area contributed by atoms with Gasteiger partial charge in [0.25, 0.3) is 0 Å². The summed E-state index contributed by atoms with van der Waals surface area (Å²) in [7, 11) is 2.05. The Hall–Kier alpha value is -0.830. The van der Waals surface area contributed by atoms with Gasteiger partial charge in [-0.25, -0.2) is 0 Å². The molecule has 0 unspecified atom stereocenters. The van der Waals surface area contributed by atoms with Crippen LogP contribution in [0.25, 0.3) is 0 Å². The normalized spacial score (nSPS) is 17.9. The third-order valence-electron chi connectivity index (χ3n) is 3.84. The third kappa shape index (κ3) is 2.14. The lowest BCUT2D eigenvalue weighted by atomic mass is 9.85. The average molecular weight is 221 g/mol. The van der Waals surface area contributed by atoms with Crippen molar-refractivity contribution in [1.82, 2.24) is 9.78 Å². The summed E-state index contributed by atoms with van der Waals surface area (Å²) in [4.78, 5) is 0. The van der Waals surface area contributed by atoms with Gasteiger partial charge in [0.15, 0.2) is 0 Å². The molecule has 0 atom stereocenters. The Labute approximate surface area is 98.0 Å². The molecule has 0 spiro atoms. The molecule has 1 aliphatic rings. The van der Waals surface area contributed by atoms with Crippen molar-refractivity contribution in [2.24, 2.45) is 12.8 Å². The number of nitrogens with two attached hydrogens (primary N) is 1. The van der Waals surface area contributed by atoms with E-state index in [0.29, 0.717) is 12.5 Å². The Morgan fingerprint density at radius 1 is 1.31 bits per heavy atom. The number of aromatic nitrogens is 2. The van der Waals surface area contributed by atoms with Crippen LogP contribution in [0.3, 0.4) is 0 Å². The number of hydrogen-bond donors (Lipinski definition) is 1. The van der Waals surface area contributed by atoms with Crippen LogP contribution in [-0.4, -0.2) is 16.3 Å². The Balaban J connectivity index is 2.23. The van der Waals surface area contributed by atoms with Crippen LogP contribution in [0, 0.1) is 6.92 Å². The van der Waals surface area contributed by atoms with Crippen molar-refractivity contribution in [3.05, 3.63) is 17.0 Å². The molecule has 0 aliphatic heterocycles. The highest BCUT2D eigenvalue weighted by Gasteiger charge is 2.22. The van der Waals surface area contributed by atoms with Gasteiger partial charge >= 0.3 is 0 Å². The Kier molecular flexibility index (Phi) is 3.64. The molecule has 1 heterocycles. The molecular formula is C13H23N3. The second kappa shape index (κ2) is 5.00. The van der Waals surface area contributed by atoms with Gasteiger partial charge in [-0.05, 0) is 31.9 Å². The van der Waals surface area contributed by atoms with E-state index in [2.05, 4.69) is 6.92 Å². The van der Waals surface area contributed by atoms with Crippen molar-refractivity contribution in [3.63, 3.8) is 0 Å². The lowest BCUT2D eigenvalue weighted by molar-refractivity contribution is 0.432. The SMILES string of the molecule is Cc1c(C2CCCCC2)nn(C)c1CCN. The Bertz CT molecular complexity index is 348. The lowest BCUT2D eigenvalue weighted by Gasteiger charge is -2.20. The van der Waals surface area contributed by atoms with E-state index in [1.807, 2.05) is 11.7 Å². The maximum Gasteiger partial charge on any atom is 0.0687 e. The molecule has 0 saturated heterocycles. The van der Waals surface area contributed by atoms with E-state index in [4.69, 9.17) is 10.8 Å². The Morgan fingerprint density at radius 2 is 2.00 bits per heavy atom. The van der Waals surface area contributed by atoms with E-state index in [1.165, 1.54) is 49.1 Å². The van der Waals surface area contributed by atoms with Crippen LogP contribution in [0.2, 0.25) is 0 Å². The zero-order chi connectivity index (χ0) is 11.5. The first-order valence-electron chi connectivity index (χ1n) is 6.46. The van der Waals surface area contributed by atoms with Gasteiger partial charge in [-0.1, -0.05) is 19.3 Å². The molecule has 90 valence electrons. The third-order valence-corrected chi connectivity index (χ3v) is 3.84. The van der Waals surface area contributed by atoms with Crippen LogP contribution < -0.4 is 5.73 Å². The zero-order valence-corrected chi connectivity index (χ0v) is 10.5. The highest BCUT2D eigenvalue weighted by Crippen LogP contribution is 2.34. The molecule has 0 amide bonds. The largest absolute Gasteiger partial charge is 0.330 e. The standard InChI is InChI=1S/C13H23N3/c1-10-12(8-9-14)16(2)15-13(10)11-6-4-3-5-7-11/h11H,3-9,14H2,1-2H3. The monoisotopic (exact) mass is 221 g/mol. The minimum Gasteiger partial charge on any atom is -0.330 e. The highest BCUT2D eigenvalue weighted by atomic mass is 15.3. The van der Waals surface area contributed by atoms with Crippen molar-refractivity contribution in [2.75, 3.05) is 6.54 Å². The summed E-state index contributed by atoms with van der Waals surface area (Å²) in [6, 6.07) is 0. The van der Waals surface area contributed by atoms with Crippen molar-refractivity contribution < 1.29 is 0 Å². The number of aryl methyl sites for hydroxylation is 1. The maximum absolute atomic E-state index is 5.64. The minimum atomic E-state index is 0.700. The van der Waals surface area contributed by atoms with Gasteiger partial charge in [-0.2, -0.15) is 5.10 Å². The smallest absolute Gasteiger partial charge is 0.0687 e. The molecule has 1 saturated carbocycles. The van der Waals surface area contributed by atoms with Gasteiger partial charge in [0.1, 0.15) is 0 Å². The van der Waals surface area contributed by atoms with Crippen LogP contribution in [0.1, 0.15) is 55.0 Å². The molecule has 1 aromatic heterocycles. The van der Waals surface area contributed by atoms with Crippen LogP contribution in [-0.2, 0) is 13.5 Å². The molecule has 2 N–H and O–H groups in total. The number of hydrogen-bond acceptors (Lipinski definition) is 2. The van der Waals surface area contributed by atoms with E-state index >= 15 is 0 Å². The summed E-state index contributed by atoms with van der Waals surface area (Å²) >= 11 is 0. The van der Waals surface area contributed by atoms with Crippen LogP contribution in [0.5, 0.6) is 0 Å². The molecule has 1 aromatic rings. The first-order chi connectivity index (χ1) is 7.74. The summed E-state index contributed by atoms with van der Waals surface area (Å²) in [5.74, 6) is 0.700. The Morgan fingerprint density at radius 3 is 2.62 bits per heavy atom. The highest BCUT2D eigenvalue weighted by molar-refractivity contribution is 5.28. The van der Waals surface area contributed by atoms with Crippen LogP contribution in [0.15, 0.2) is 0 Å². The van der Waals surface area contributed by atoms with Gasteiger partial charge < -0.3 is 5.73 Å². The number of nitrogens with zero attached hydrogens (tertiary/aromatic N) is 2. The summed E-state index contributed by atoms with van der Waals surface area (Å²) in [6.45, 7) is 2.92. The minimum absolute atomic E-state index is 0.700. The van der Waals surface area contributed by atoms with Crippen molar-refractivity contribution in [2.45, 2.75) is 51.4 Å². The molecule has 2 rings (SSSR count). The lowest BCUT2D eigenvalue weighted by Crippen LogP contribution is -2.08. The molecule has 0 radical (unpaired) electrons. The summed E-state index contributed by atoms with van der Waals surface area (Å²) < 4.78 is 2.03. The first kappa shape index (κ1) is 11.6. The fourth-order valence-corrected chi connectivity index (χ4v) is 2.94. The zero-order valence-electron chi connectivity index (χ0n) is 10.5.